The molecule has 7 heteroatoms. The first-order valence-electron chi connectivity index (χ1n) is 6.70. The standard InChI is InChI=1S/C14H15F3N2O2/c15-14(16,17)6-2-8-21-13-4-1-3-12(20)10-5-7-18-9-11(10)19-13/h5,7,9H,1-4,6,8H2. The molecule has 0 atom stereocenters. The minimum absolute atomic E-state index is 0.00716. The molecule has 1 aliphatic rings. The van der Waals surface area contributed by atoms with Gasteiger partial charge in [-0.1, -0.05) is 0 Å². The van der Waals surface area contributed by atoms with E-state index in [4.69, 9.17) is 4.74 Å². The average Bonchev–Trinajstić information content (AvgIpc) is 2.40. The second-order valence-corrected chi connectivity index (χ2v) is 4.74. The lowest BCUT2D eigenvalue weighted by atomic mass is 10.0. The maximum Gasteiger partial charge on any atom is 0.389 e. The quantitative estimate of drug-likeness (QED) is 0.797. The van der Waals surface area contributed by atoms with Crippen molar-refractivity contribution in [3.05, 3.63) is 24.0 Å². The van der Waals surface area contributed by atoms with E-state index in [0.29, 0.717) is 36.4 Å². The van der Waals surface area contributed by atoms with E-state index in [0.717, 1.165) is 0 Å². The van der Waals surface area contributed by atoms with Crippen molar-refractivity contribution in [2.45, 2.75) is 38.3 Å². The molecule has 0 N–H and O–H groups in total. The Balaban J connectivity index is 2.02. The molecule has 0 bridgehead atoms. The highest BCUT2D eigenvalue weighted by atomic mass is 19.4. The van der Waals surface area contributed by atoms with Crippen molar-refractivity contribution in [1.82, 2.24) is 4.98 Å². The molecule has 0 fully saturated rings. The van der Waals surface area contributed by atoms with Crippen LogP contribution >= 0.6 is 0 Å². The van der Waals surface area contributed by atoms with E-state index >= 15 is 0 Å². The van der Waals surface area contributed by atoms with E-state index in [1.165, 1.54) is 12.4 Å². The van der Waals surface area contributed by atoms with E-state index in [1.807, 2.05) is 0 Å². The van der Waals surface area contributed by atoms with Gasteiger partial charge in [-0.15, -0.1) is 0 Å². The monoisotopic (exact) mass is 300 g/mol. The van der Waals surface area contributed by atoms with Crippen molar-refractivity contribution in [1.29, 1.82) is 0 Å². The minimum Gasteiger partial charge on any atom is -0.481 e. The normalized spacial score (nSPS) is 15.8. The van der Waals surface area contributed by atoms with Gasteiger partial charge in [0.15, 0.2) is 11.7 Å². The van der Waals surface area contributed by atoms with Gasteiger partial charge in [0.2, 0.25) is 0 Å². The largest absolute Gasteiger partial charge is 0.481 e. The summed E-state index contributed by atoms with van der Waals surface area (Å²) in [7, 11) is 0. The highest BCUT2D eigenvalue weighted by Gasteiger charge is 2.26. The van der Waals surface area contributed by atoms with Gasteiger partial charge in [-0.05, 0) is 18.9 Å². The Kier molecular flexibility index (Phi) is 4.93. The lowest BCUT2D eigenvalue weighted by molar-refractivity contribution is -0.136. The molecular weight excluding hydrogens is 285 g/mol. The second kappa shape index (κ2) is 6.69. The van der Waals surface area contributed by atoms with Gasteiger partial charge < -0.3 is 4.74 Å². The lowest BCUT2D eigenvalue weighted by Crippen LogP contribution is -2.13. The zero-order valence-electron chi connectivity index (χ0n) is 11.3. The first kappa shape index (κ1) is 15.5. The van der Waals surface area contributed by atoms with E-state index in [1.54, 1.807) is 6.07 Å². The van der Waals surface area contributed by atoms with Gasteiger partial charge in [-0.25, -0.2) is 4.99 Å². The van der Waals surface area contributed by atoms with Gasteiger partial charge in [0.1, 0.15) is 0 Å². The van der Waals surface area contributed by atoms with E-state index < -0.39 is 12.6 Å². The fraction of sp³-hybridized carbons (Fsp3) is 0.500. The Bertz CT molecular complexity index is 541. The fourth-order valence-corrected chi connectivity index (χ4v) is 2.00. The number of carbonyl (C=O) groups is 1. The Morgan fingerprint density at radius 3 is 2.86 bits per heavy atom. The molecular formula is C14H15F3N2O2. The van der Waals surface area contributed by atoms with Crippen LogP contribution in [-0.2, 0) is 4.74 Å². The van der Waals surface area contributed by atoms with Crippen LogP contribution in [0.5, 0.6) is 0 Å². The van der Waals surface area contributed by atoms with Gasteiger partial charge in [0, 0.05) is 31.0 Å². The fourth-order valence-electron chi connectivity index (χ4n) is 2.00. The predicted molar refractivity (Wildman–Crippen MR) is 70.8 cm³/mol. The molecule has 4 nitrogen and oxygen atoms in total. The number of ketones is 1. The van der Waals surface area contributed by atoms with Crippen LogP contribution in [0.3, 0.4) is 0 Å². The van der Waals surface area contributed by atoms with Gasteiger partial charge in [0.25, 0.3) is 0 Å². The van der Waals surface area contributed by atoms with Gasteiger partial charge in [0.05, 0.1) is 18.5 Å². The van der Waals surface area contributed by atoms with Gasteiger partial charge >= 0.3 is 6.18 Å². The number of carbonyl (C=O) groups excluding carboxylic acids is 1. The Morgan fingerprint density at radius 1 is 1.29 bits per heavy atom. The number of aromatic nitrogens is 1. The van der Waals surface area contributed by atoms with Crippen molar-refractivity contribution >= 4 is 17.4 Å². The van der Waals surface area contributed by atoms with Gasteiger partial charge in [-0.2, -0.15) is 13.2 Å². The number of Topliss-reactive ketones (excluding diaryl/α,β-unsaturated/α-hetero) is 1. The summed E-state index contributed by atoms with van der Waals surface area (Å²) in [6.45, 7) is -0.0398. The number of alkyl halides is 3. The number of rotatable bonds is 3. The van der Waals surface area contributed by atoms with E-state index in [2.05, 4.69) is 9.98 Å². The molecule has 1 aromatic heterocycles. The molecule has 0 unspecified atom stereocenters. The van der Waals surface area contributed by atoms with Crippen LogP contribution in [0.1, 0.15) is 42.5 Å². The molecule has 0 aromatic carbocycles. The third-order valence-corrected chi connectivity index (χ3v) is 3.01. The molecule has 0 spiro atoms. The minimum atomic E-state index is -4.17. The van der Waals surface area contributed by atoms with Crippen molar-refractivity contribution in [3.63, 3.8) is 0 Å². The highest BCUT2D eigenvalue weighted by molar-refractivity contribution is 6.02. The smallest absolute Gasteiger partial charge is 0.389 e. The molecule has 0 radical (unpaired) electrons. The van der Waals surface area contributed by atoms with Crippen molar-refractivity contribution in [2.75, 3.05) is 6.61 Å². The number of nitrogens with zero attached hydrogens (tertiary/aromatic N) is 2. The topological polar surface area (TPSA) is 51.5 Å². The maximum atomic E-state index is 12.0. The van der Waals surface area contributed by atoms with Crippen LogP contribution in [0.15, 0.2) is 23.5 Å². The zero-order valence-corrected chi connectivity index (χ0v) is 11.3. The van der Waals surface area contributed by atoms with Crippen molar-refractivity contribution < 1.29 is 22.7 Å². The van der Waals surface area contributed by atoms with Crippen LogP contribution in [0, 0.1) is 0 Å². The number of hydrogen-bond acceptors (Lipinski definition) is 4. The third kappa shape index (κ3) is 4.84. The van der Waals surface area contributed by atoms with Crippen LogP contribution in [0.25, 0.3) is 0 Å². The van der Waals surface area contributed by atoms with Crippen LogP contribution in [0.4, 0.5) is 18.9 Å². The molecule has 1 aliphatic heterocycles. The lowest BCUT2D eigenvalue weighted by Gasteiger charge is -2.14. The van der Waals surface area contributed by atoms with E-state index in [-0.39, 0.29) is 18.8 Å². The molecule has 0 aliphatic carbocycles. The number of aliphatic imine (C=N–C) groups is 1. The molecule has 2 heterocycles. The molecule has 0 saturated carbocycles. The Morgan fingerprint density at radius 2 is 2.10 bits per heavy atom. The number of pyridine rings is 1. The summed E-state index contributed by atoms with van der Waals surface area (Å²) in [5, 5.41) is 0. The summed E-state index contributed by atoms with van der Waals surface area (Å²) in [4.78, 5) is 20.0. The number of ether oxygens (including phenoxy) is 1. The third-order valence-electron chi connectivity index (χ3n) is 3.01. The van der Waals surface area contributed by atoms with Crippen molar-refractivity contribution in [3.8, 4) is 0 Å². The summed E-state index contributed by atoms with van der Waals surface area (Å²) in [5.74, 6) is 0.353. The molecule has 1 aromatic rings. The molecule has 21 heavy (non-hydrogen) atoms. The average molecular weight is 300 g/mol. The summed E-state index contributed by atoms with van der Waals surface area (Å²) in [5.41, 5.74) is 0.883. The maximum absolute atomic E-state index is 12.0. The first-order chi connectivity index (χ1) is 9.96. The number of halogens is 3. The van der Waals surface area contributed by atoms with Gasteiger partial charge in [-0.3, -0.25) is 9.78 Å². The highest BCUT2D eigenvalue weighted by Crippen LogP contribution is 2.24. The van der Waals surface area contributed by atoms with Crippen LogP contribution < -0.4 is 0 Å². The van der Waals surface area contributed by atoms with Crippen LogP contribution in [-0.4, -0.2) is 29.4 Å². The van der Waals surface area contributed by atoms with E-state index in [9.17, 15) is 18.0 Å². The summed E-state index contributed by atoms with van der Waals surface area (Å²) >= 11 is 0. The summed E-state index contributed by atoms with van der Waals surface area (Å²) < 4.78 is 41.5. The van der Waals surface area contributed by atoms with Crippen molar-refractivity contribution in [2.24, 2.45) is 4.99 Å². The SMILES string of the molecule is O=C1CCCC(OCCCC(F)(F)F)=Nc2cnccc21. The molecule has 2 rings (SSSR count). The Labute approximate surface area is 120 Å². The molecule has 0 saturated heterocycles. The van der Waals surface area contributed by atoms with Crippen LogP contribution in [0.2, 0.25) is 0 Å². The predicted octanol–water partition coefficient (Wildman–Crippen LogP) is 3.84. The molecule has 114 valence electrons. The summed E-state index contributed by atoms with van der Waals surface area (Å²) in [6, 6.07) is 1.59. The number of fused-ring (bicyclic) bond motifs is 1. The molecule has 0 amide bonds. The zero-order chi connectivity index (χ0) is 15.3. The second-order valence-electron chi connectivity index (χ2n) is 4.74. The number of hydrogen-bond donors (Lipinski definition) is 0. The first-order valence-corrected chi connectivity index (χ1v) is 6.70. The summed E-state index contributed by atoms with van der Waals surface area (Å²) in [6.07, 6.45) is -0.824. The Hall–Kier alpha value is -1.92.